The monoisotopic (exact) mass is 574 g/mol. The fourth-order valence-corrected chi connectivity index (χ4v) is 5.13. The number of hydrogen-bond donors (Lipinski definition) is 3. The van der Waals surface area contributed by atoms with Gasteiger partial charge in [-0.3, -0.25) is 9.59 Å². The molecule has 8 heteroatoms. The molecule has 2 heterocycles. The number of hydrogen-bond acceptors (Lipinski definition) is 5. The van der Waals surface area contributed by atoms with Gasteiger partial charge < -0.3 is 24.8 Å². The van der Waals surface area contributed by atoms with E-state index in [0.717, 1.165) is 37.0 Å². The minimum atomic E-state index is -1.23. The van der Waals surface area contributed by atoms with Crippen LogP contribution < -0.4 is 4.74 Å². The first-order valence-corrected chi connectivity index (χ1v) is 14.7. The van der Waals surface area contributed by atoms with Gasteiger partial charge in [0, 0.05) is 41.5 Å². The van der Waals surface area contributed by atoms with E-state index in [-0.39, 0.29) is 18.6 Å². The van der Waals surface area contributed by atoms with Gasteiger partial charge in [0.1, 0.15) is 5.75 Å². The Morgan fingerprint density at radius 1 is 1.10 bits per heavy atom. The minimum absolute atomic E-state index is 0.0258. The second-order valence-electron chi connectivity index (χ2n) is 11.0. The van der Waals surface area contributed by atoms with Gasteiger partial charge in [0.15, 0.2) is 5.78 Å². The Kier molecular flexibility index (Phi) is 12.6. The fraction of sp³-hybridized carbons (Fsp3) is 0.441. The molecule has 3 N–H and O–H groups in total. The van der Waals surface area contributed by atoms with Crippen LogP contribution in [-0.2, 0) is 9.59 Å². The Morgan fingerprint density at radius 2 is 1.83 bits per heavy atom. The van der Waals surface area contributed by atoms with Crippen LogP contribution in [0.1, 0.15) is 86.7 Å². The zero-order valence-electron chi connectivity index (χ0n) is 24.8. The number of nitrogens with one attached hydrogen (secondary N) is 1. The average Bonchev–Trinajstić information content (AvgIpc) is 3.39. The Labute approximate surface area is 248 Å². The molecule has 1 aliphatic heterocycles. The third-order valence-corrected chi connectivity index (χ3v) is 7.17. The number of aromatic amines is 1. The molecule has 1 fully saturated rings. The number of ether oxygens (including phenoxy) is 1. The fourth-order valence-electron chi connectivity index (χ4n) is 5.13. The van der Waals surface area contributed by atoms with Crippen LogP contribution in [0.15, 0.2) is 48.7 Å². The number of aliphatic carboxylic acids is 2. The number of carbonyl (C=O) groups excluding carboxylic acids is 1. The number of carboxylic acids is 2. The quantitative estimate of drug-likeness (QED) is 0.139. The van der Waals surface area contributed by atoms with E-state index in [1.54, 1.807) is 5.92 Å². The van der Waals surface area contributed by atoms with Crippen LogP contribution in [0, 0.1) is 17.8 Å². The van der Waals surface area contributed by atoms with Crippen LogP contribution in [0.25, 0.3) is 10.9 Å². The highest BCUT2D eigenvalue weighted by Crippen LogP contribution is 2.34. The number of para-hydroxylation sites is 1. The Hall–Kier alpha value is -4.09. The molecule has 0 saturated carbocycles. The van der Waals surface area contributed by atoms with Crippen LogP contribution in [0.5, 0.6) is 5.75 Å². The molecule has 0 amide bonds. The number of benzene rings is 2. The number of ketones is 1. The molecule has 3 aromatic rings. The van der Waals surface area contributed by atoms with E-state index in [1.165, 1.54) is 30.3 Å². The Balaban J connectivity index is 0.000000416. The summed E-state index contributed by atoms with van der Waals surface area (Å²) in [6.45, 7) is 10.8. The van der Waals surface area contributed by atoms with Crippen LogP contribution in [0.3, 0.4) is 0 Å². The molecule has 224 valence electrons. The first-order valence-electron chi connectivity index (χ1n) is 14.7. The Morgan fingerprint density at radius 3 is 2.50 bits per heavy atom. The first-order chi connectivity index (χ1) is 20.2. The first kappa shape index (κ1) is 32.4. The van der Waals surface area contributed by atoms with Crippen molar-refractivity contribution in [2.45, 2.75) is 65.2 Å². The number of piperidine rings is 1. The highest BCUT2D eigenvalue weighted by Gasteiger charge is 2.24. The van der Waals surface area contributed by atoms with Crippen molar-refractivity contribution in [2.75, 3.05) is 26.2 Å². The van der Waals surface area contributed by atoms with Crippen LogP contribution in [0.2, 0.25) is 0 Å². The van der Waals surface area contributed by atoms with Crippen molar-refractivity contribution in [3.05, 3.63) is 65.4 Å². The lowest BCUT2D eigenvalue weighted by Gasteiger charge is -2.33. The second-order valence-corrected chi connectivity index (χ2v) is 11.0. The number of aromatic nitrogens is 1. The van der Waals surface area contributed by atoms with E-state index in [2.05, 4.69) is 48.8 Å². The minimum Gasteiger partial charge on any atom is -0.493 e. The van der Waals surface area contributed by atoms with E-state index >= 15 is 0 Å². The molecule has 1 aliphatic rings. The predicted octanol–water partition coefficient (Wildman–Crippen LogP) is 6.35. The van der Waals surface area contributed by atoms with Crippen LogP contribution in [0.4, 0.5) is 0 Å². The topological polar surface area (TPSA) is 120 Å². The molecular formula is C34H42N2O6. The maximum atomic E-state index is 13.4. The van der Waals surface area contributed by atoms with E-state index in [0.29, 0.717) is 29.8 Å². The summed E-state index contributed by atoms with van der Waals surface area (Å²) < 4.78 is 5.92. The molecule has 8 nitrogen and oxygen atoms in total. The second kappa shape index (κ2) is 16.4. The lowest BCUT2D eigenvalue weighted by atomic mass is 9.88. The van der Waals surface area contributed by atoms with Gasteiger partial charge in [-0.1, -0.05) is 45.2 Å². The summed E-state index contributed by atoms with van der Waals surface area (Å²) in [6, 6.07) is 13.7. The molecule has 4 rings (SSSR count). The molecule has 0 aliphatic carbocycles. The van der Waals surface area contributed by atoms with Gasteiger partial charge >= 0.3 is 11.9 Å². The predicted molar refractivity (Wildman–Crippen MR) is 164 cm³/mol. The van der Waals surface area contributed by atoms with Crippen LogP contribution >= 0.6 is 0 Å². The van der Waals surface area contributed by atoms with Crippen molar-refractivity contribution in [2.24, 2.45) is 5.92 Å². The number of unbranched alkanes of at least 4 members (excludes halogenated alkanes) is 1. The third-order valence-electron chi connectivity index (χ3n) is 7.17. The summed E-state index contributed by atoms with van der Waals surface area (Å²) in [7, 11) is 0. The van der Waals surface area contributed by atoms with E-state index in [9.17, 15) is 14.4 Å². The number of likely N-dealkylation sites (tertiary alicyclic amines) is 1. The van der Waals surface area contributed by atoms with Crippen molar-refractivity contribution >= 4 is 28.6 Å². The Bertz CT molecular complexity index is 1410. The molecule has 1 aromatic heterocycles. The summed E-state index contributed by atoms with van der Waals surface area (Å²) in [4.78, 5) is 39.0. The average molecular weight is 575 g/mol. The number of carbonyl (C=O) groups is 3. The molecular weight excluding hydrogens is 532 g/mol. The number of carboxylic acid groups (broad SMARTS) is 2. The lowest BCUT2D eigenvalue weighted by Crippen LogP contribution is -2.35. The third kappa shape index (κ3) is 9.78. The van der Waals surface area contributed by atoms with Gasteiger partial charge in [-0.15, -0.1) is 0 Å². The molecule has 2 aromatic carbocycles. The van der Waals surface area contributed by atoms with Gasteiger partial charge in [-0.2, -0.15) is 0 Å². The van der Waals surface area contributed by atoms with E-state index in [1.807, 2.05) is 36.4 Å². The number of fused-ring (bicyclic) bond motifs is 1. The highest BCUT2D eigenvalue weighted by molar-refractivity contribution is 6.12. The summed E-state index contributed by atoms with van der Waals surface area (Å²) in [6.07, 6.45) is 6.53. The molecule has 1 saturated heterocycles. The number of rotatable bonds is 11. The molecule has 0 radical (unpaired) electrons. The van der Waals surface area contributed by atoms with Gasteiger partial charge in [0.2, 0.25) is 0 Å². The molecule has 0 atom stereocenters. The number of H-pyrrole nitrogens is 1. The zero-order valence-corrected chi connectivity index (χ0v) is 24.8. The zero-order chi connectivity index (χ0) is 30.5. The van der Waals surface area contributed by atoms with E-state index < -0.39 is 11.9 Å². The lowest BCUT2D eigenvalue weighted by molar-refractivity contribution is -0.137. The molecule has 0 spiro atoms. The van der Waals surface area contributed by atoms with Gasteiger partial charge in [-0.25, -0.2) is 4.79 Å². The normalized spacial score (nSPS) is 13.6. The number of nitrogens with zero attached hydrogens (tertiary/aromatic N) is 1. The van der Waals surface area contributed by atoms with Crippen molar-refractivity contribution in [3.63, 3.8) is 0 Å². The molecule has 0 bridgehead atoms. The van der Waals surface area contributed by atoms with Crippen molar-refractivity contribution in [3.8, 4) is 17.6 Å². The summed E-state index contributed by atoms with van der Waals surface area (Å²) in [5, 5.41) is 17.2. The van der Waals surface area contributed by atoms with Gasteiger partial charge in [0.25, 0.3) is 0 Å². The maximum absolute atomic E-state index is 13.4. The molecule has 42 heavy (non-hydrogen) atoms. The highest BCUT2D eigenvalue weighted by atomic mass is 16.5. The summed E-state index contributed by atoms with van der Waals surface area (Å²) in [5.74, 6) is 3.74. The van der Waals surface area contributed by atoms with Crippen molar-refractivity contribution in [1.82, 2.24) is 9.88 Å². The van der Waals surface area contributed by atoms with Crippen LogP contribution in [-0.4, -0.2) is 64.1 Å². The van der Waals surface area contributed by atoms with Gasteiger partial charge in [-0.05, 0) is 80.1 Å². The maximum Gasteiger partial charge on any atom is 0.381 e. The SMILES string of the molecule is CCCCOc1ccccc1C(=O)c1ccc2[nH]cc(C3CCN(CC(C)C)CC3)c2c1.O=C(O)C#CCCC(=O)O. The standard InChI is InChI=1S/C28H36N2O2.C6H6O4/c1-4-5-16-32-27-9-7-6-8-23(27)28(31)22-10-11-26-24(17-22)25(18-29-26)21-12-14-30(15-13-21)19-20(2)3;7-5(8)3-1-2-4-6(9)10/h6-11,17-18,20-21,29H,4-5,12-16,19H2,1-3H3;1,3H2,(H,7,8)(H,9,10). The molecule has 0 unspecified atom stereocenters. The van der Waals surface area contributed by atoms with Crippen molar-refractivity contribution in [1.29, 1.82) is 0 Å². The largest absolute Gasteiger partial charge is 0.493 e. The summed E-state index contributed by atoms with van der Waals surface area (Å²) in [5.41, 5.74) is 3.82. The van der Waals surface area contributed by atoms with Gasteiger partial charge in [0.05, 0.1) is 18.6 Å². The smallest absolute Gasteiger partial charge is 0.381 e. The van der Waals surface area contributed by atoms with E-state index in [4.69, 9.17) is 14.9 Å². The summed E-state index contributed by atoms with van der Waals surface area (Å²) >= 11 is 0. The van der Waals surface area contributed by atoms with Crippen molar-refractivity contribution < 1.29 is 29.3 Å².